The normalized spacial score (nSPS) is 15.6. The van der Waals surface area contributed by atoms with Crippen LogP contribution < -0.4 is 11.1 Å². The standard InChI is InChI=1S/C10H19F3N2O/c1-3-4-8(14)5-9(16)15-7(2)6-10(11,12)13/h7-8H,3-6,14H2,1-2H3,(H,15,16). The summed E-state index contributed by atoms with van der Waals surface area (Å²) < 4.78 is 35.9. The summed E-state index contributed by atoms with van der Waals surface area (Å²) in [6, 6.07) is -1.18. The third-order valence-electron chi connectivity index (χ3n) is 2.05. The van der Waals surface area contributed by atoms with E-state index in [2.05, 4.69) is 5.32 Å². The van der Waals surface area contributed by atoms with Crippen LogP contribution in [0, 0.1) is 0 Å². The maximum absolute atomic E-state index is 12.0. The zero-order valence-corrected chi connectivity index (χ0v) is 9.60. The van der Waals surface area contributed by atoms with E-state index in [0.717, 1.165) is 6.42 Å². The summed E-state index contributed by atoms with van der Waals surface area (Å²) in [7, 11) is 0. The molecule has 0 aliphatic rings. The maximum Gasteiger partial charge on any atom is 0.391 e. The minimum absolute atomic E-state index is 0.0794. The average Bonchev–Trinajstić information content (AvgIpc) is 1.98. The molecule has 0 rings (SSSR count). The van der Waals surface area contributed by atoms with Crippen molar-refractivity contribution in [3.8, 4) is 0 Å². The molecule has 1 amide bonds. The monoisotopic (exact) mass is 240 g/mol. The van der Waals surface area contributed by atoms with Crippen LogP contribution >= 0.6 is 0 Å². The summed E-state index contributed by atoms with van der Waals surface area (Å²) in [6.07, 6.45) is -3.64. The largest absolute Gasteiger partial charge is 0.391 e. The van der Waals surface area contributed by atoms with Gasteiger partial charge >= 0.3 is 6.18 Å². The predicted molar refractivity (Wildman–Crippen MR) is 55.8 cm³/mol. The molecule has 16 heavy (non-hydrogen) atoms. The lowest BCUT2D eigenvalue weighted by Crippen LogP contribution is -2.38. The lowest BCUT2D eigenvalue weighted by Gasteiger charge is -2.17. The molecule has 3 nitrogen and oxygen atoms in total. The maximum atomic E-state index is 12.0. The number of rotatable bonds is 6. The fourth-order valence-electron chi connectivity index (χ4n) is 1.44. The first-order valence-corrected chi connectivity index (χ1v) is 5.36. The zero-order chi connectivity index (χ0) is 12.8. The molecule has 0 saturated carbocycles. The fraction of sp³-hybridized carbons (Fsp3) is 0.900. The molecule has 0 spiro atoms. The molecule has 0 aliphatic heterocycles. The molecule has 0 heterocycles. The Labute approximate surface area is 93.6 Å². The van der Waals surface area contributed by atoms with Crippen LogP contribution in [0.15, 0.2) is 0 Å². The van der Waals surface area contributed by atoms with E-state index in [-0.39, 0.29) is 12.5 Å². The van der Waals surface area contributed by atoms with Crippen molar-refractivity contribution in [2.75, 3.05) is 0 Å². The smallest absolute Gasteiger partial charge is 0.353 e. The lowest BCUT2D eigenvalue weighted by atomic mass is 10.1. The Hall–Kier alpha value is -0.780. The highest BCUT2D eigenvalue weighted by Gasteiger charge is 2.30. The topological polar surface area (TPSA) is 55.1 Å². The van der Waals surface area contributed by atoms with Crippen LogP contribution in [-0.2, 0) is 4.79 Å². The van der Waals surface area contributed by atoms with E-state index in [9.17, 15) is 18.0 Å². The van der Waals surface area contributed by atoms with Gasteiger partial charge in [-0.3, -0.25) is 4.79 Å². The van der Waals surface area contributed by atoms with Gasteiger partial charge < -0.3 is 11.1 Å². The Balaban J connectivity index is 3.87. The Morgan fingerprint density at radius 2 is 2.00 bits per heavy atom. The van der Waals surface area contributed by atoms with Crippen molar-refractivity contribution in [1.29, 1.82) is 0 Å². The number of nitrogens with two attached hydrogens (primary N) is 1. The van der Waals surface area contributed by atoms with Gasteiger partial charge in [0, 0.05) is 18.5 Å². The molecule has 2 unspecified atom stereocenters. The number of hydrogen-bond acceptors (Lipinski definition) is 2. The minimum Gasteiger partial charge on any atom is -0.353 e. The molecular weight excluding hydrogens is 221 g/mol. The van der Waals surface area contributed by atoms with Crippen molar-refractivity contribution in [3.05, 3.63) is 0 Å². The van der Waals surface area contributed by atoms with E-state index in [1.807, 2.05) is 6.92 Å². The number of amides is 1. The third kappa shape index (κ3) is 8.52. The number of alkyl halides is 3. The Morgan fingerprint density at radius 3 is 2.44 bits per heavy atom. The Bertz CT molecular complexity index is 219. The molecule has 0 aromatic carbocycles. The molecule has 3 N–H and O–H groups in total. The highest BCUT2D eigenvalue weighted by atomic mass is 19.4. The van der Waals surface area contributed by atoms with Gasteiger partial charge in [0.1, 0.15) is 0 Å². The summed E-state index contributed by atoms with van der Waals surface area (Å²) in [5.74, 6) is -0.419. The number of carbonyl (C=O) groups is 1. The molecule has 0 aromatic rings. The van der Waals surface area contributed by atoms with E-state index in [1.165, 1.54) is 6.92 Å². The van der Waals surface area contributed by atoms with E-state index in [0.29, 0.717) is 6.42 Å². The lowest BCUT2D eigenvalue weighted by molar-refractivity contribution is -0.141. The average molecular weight is 240 g/mol. The molecule has 0 fully saturated rings. The van der Waals surface area contributed by atoms with Gasteiger partial charge in [-0.1, -0.05) is 13.3 Å². The van der Waals surface area contributed by atoms with Crippen molar-refractivity contribution in [3.63, 3.8) is 0 Å². The first kappa shape index (κ1) is 15.2. The van der Waals surface area contributed by atoms with Crippen LogP contribution in [0.4, 0.5) is 13.2 Å². The molecule has 0 bridgehead atoms. The molecule has 2 atom stereocenters. The van der Waals surface area contributed by atoms with Crippen molar-refractivity contribution in [2.24, 2.45) is 5.73 Å². The Morgan fingerprint density at radius 1 is 1.44 bits per heavy atom. The minimum atomic E-state index is -4.25. The second-order valence-corrected chi connectivity index (χ2v) is 4.04. The van der Waals surface area contributed by atoms with Crippen LogP contribution in [0.5, 0.6) is 0 Å². The van der Waals surface area contributed by atoms with Crippen molar-refractivity contribution < 1.29 is 18.0 Å². The number of halogens is 3. The van der Waals surface area contributed by atoms with E-state index < -0.39 is 24.5 Å². The zero-order valence-electron chi connectivity index (χ0n) is 9.60. The van der Waals surface area contributed by atoms with Crippen LogP contribution in [0.1, 0.15) is 39.5 Å². The van der Waals surface area contributed by atoms with Gasteiger partial charge in [-0.25, -0.2) is 0 Å². The van der Waals surface area contributed by atoms with E-state index in [4.69, 9.17) is 5.73 Å². The molecule has 0 saturated heterocycles. The van der Waals surface area contributed by atoms with E-state index >= 15 is 0 Å². The van der Waals surface area contributed by atoms with Gasteiger partial charge in [-0.2, -0.15) is 13.2 Å². The van der Waals surface area contributed by atoms with Crippen LogP contribution in [0.2, 0.25) is 0 Å². The SMILES string of the molecule is CCCC(N)CC(=O)NC(C)CC(F)(F)F. The number of hydrogen-bond donors (Lipinski definition) is 2. The summed E-state index contributed by atoms with van der Waals surface area (Å²) in [5.41, 5.74) is 5.61. The van der Waals surface area contributed by atoms with Gasteiger partial charge in [0.25, 0.3) is 0 Å². The first-order chi connectivity index (χ1) is 7.24. The number of carbonyl (C=O) groups excluding carboxylic acids is 1. The highest BCUT2D eigenvalue weighted by molar-refractivity contribution is 5.76. The third-order valence-corrected chi connectivity index (χ3v) is 2.05. The van der Waals surface area contributed by atoms with Crippen LogP contribution in [-0.4, -0.2) is 24.2 Å². The van der Waals surface area contributed by atoms with Gasteiger partial charge in [-0.05, 0) is 13.3 Å². The summed E-state index contributed by atoms with van der Waals surface area (Å²) in [5, 5.41) is 2.29. The molecule has 0 aromatic heterocycles. The molecular formula is C10H19F3N2O. The highest BCUT2D eigenvalue weighted by Crippen LogP contribution is 2.21. The van der Waals surface area contributed by atoms with Crippen LogP contribution in [0.3, 0.4) is 0 Å². The summed E-state index contributed by atoms with van der Waals surface area (Å²) in [6.45, 7) is 3.26. The predicted octanol–water partition coefficient (Wildman–Crippen LogP) is 1.96. The van der Waals surface area contributed by atoms with E-state index in [1.54, 1.807) is 0 Å². The van der Waals surface area contributed by atoms with Gasteiger partial charge in [-0.15, -0.1) is 0 Å². The second kappa shape index (κ2) is 6.73. The van der Waals surface area contributed by atoms with Gasteiger partial charge in [0.2, 0.25) is 5.91 Å². The van der Waals surface area contributed by atoms with Crippen molar-refractivity contribution in [2.45, 2.75) is 57.8 Å². The molecule has 6 heteroatoms. The number of nitrogens with one attached hydrogen (secondary N) is 1. The molecule has 0 aliphatic carbocycles. The fourth-order valence-corrected chi connectivity index (χ4v) is 1.44. The van der Waals surface area contributed by atoms with Crippen molar-refractivity contribution in [1.82, 2.24) is 5.32 Å². The van der Waals surface area contributed by atoms with Gasteiger partial charge in [0.05, 0.1) is 6.42 Å². The van der Waals surface area contributed by atoms with Crippen LogP contribution in [0.25, 0.3) is 0 Å². The summed E-state index contributed by atoms with van der Waals surface area (Å²) in [4.78, 5) is 11.3. The quantitative estimate of drug-likeness (QED) is 0.745. The molecule has 0 radical (unpaired) electrons. The second-order valence-electron chi connectivity index (χ2n) is 4.04. The van der Waals surface area contributed by atoms with Gasteiger partial charge in [0.15, 0.2) is 0 Å². The first-order valence-electron chi connectivity index (χ1n) is 5.36. The Kier molecular flexibility index (Phi) is 6.40. The summed E-state index contributed by atoms with van der Waals surface area (Å²) >= 11 is 0. The van der Waals surface area contributed by atoms with Crippen molar-refractivity contribution >= 4 is 5.91 Å². The molecule has 96 valence electrons.